The van der Waals surface area contributed by atoms with Crippen molar-refractivity contribution in [2.24, 2.45) is 0 Å². The molecule has 6 nitrogen and oxygen atoms in total. The molecule has 0 aromatic carbocycles. The molecule has 6 heteroatoms. The first kappa shape index (κ1) is 18.3. The zero-order valence-corrected chi connectivity index (χ0v) is 15.1. The second-order valence-corrected chi connectivity index (χ2v) is 7.53. The third-order valence-corrected chi connectivity index (χ3v) is 5.53. The van der Waals surface area contributed by atoms with Gasteiger partial charge in [-0.15, -0.1) is 0 Å². The third-order valence-electron chi connectivity index (χ3n) is 5.53. The number of rotatable bonds is 6. The SMILES string of the molecule is CC(CC(O)c1ccco1)NC(=O)NC1CCN(C2CCCC2)CC1. The predicted molar refractivity (Wildman–Crippen MR) is 96.3 cm³/mol. The number of aliphatic hydroxyl groups excluding tert-OH is 1. The topological polar surface area (TPSA) is 77.7 Å². The molecule has 1 aromatic heterocycles. The standard InChI is InChI=1S/C19H31N3O3/c1-14(13-17(23)18-7-4-12-25-18)20-19(24)21-15-8-10-22(11-9-15)16-5-2-3-6-16/h4,7,12,14-17,23H,2-3,5-6,8-11,13H2,1H3,(H2,20,21,24). The average molecular weight is 349 g/mol. The fourth-order valence-corrected chi connectivity index (χ4v) is 4.12. The summed E-state index contributed by atoms with van der Waals surface area (Å²) in [4.78, 5) is 14.8. The number of hydrogen-bond acceptors (Lipinski definition) is 4. The zero-order chi connectivity index (χ0) is 17.6. The van der Waals surface area contributed by atoms with Gasteiger partial charge in [0.25, 0.3) is 0 Å². The van der Waals surface area contributed by atoms with Gasteiger partial charge >= 0.3 is 6.03 Å². The number of nitrogens with zero attached hydrogens (tertiary/aromatic N) is 1. The highest BCUT2D eigenvalue weighted by Gasteiger charge is 2.27. The molecule has 1 saturated heterocycles. The molecular weight excluding hydrogens is 318 g/mol. The second kappa shape index (κ2) is 8.72. The van der Waals surface area contributed by atoms with Crippen LogP contribution >= 0.6 is 0 Å². The fraction of sp³-hybridized carbons (Fsp3) is 0.737. The van der Waals surface area contributed by atoms with E-state index in [4.69, 9.17) is 4.42 Å². The fourth-order valence-electron chi connectivity index (χ4n) is 4.12. The van der Waals surface area contributed by atoms with Crippen LogP contribution in [0.15, 0.2) is 22.8 Å². The summed E-state index contributed by atoms with van der Waals surface area (Å²) in [6.45, 7) is 4.07. The van der Waals surface area contributed by atoms with Crippen LogP contribution in [0.2, 0.25) is 0 Å². The second-order valence-electron chi connectivity index (χ2n) is 7.53. The molecule has 1 aromatic rings. The summed E-state index contributed by atoms with van der Waals surface area (Å²) in [5, 5.41) is 16.1. The molecule has 0 radical (unpaired) electrons. The first-order valence-electron chi connectivity index (χ1n) is 9.64. The van der Waals surface area contributed by atoms with Gasteiger partial charge in [0.1, 0.15) is 11.9 Å². The number of carbonyl (C=O) groups excluding carboxylic acids is 1. The summed E-state index contributed by atoms with van der Waals surface area (Å²) in [5.74, 6) is 0.536. The van der Waals surface area contributed by atoms with Crippen LogP contribution in [-0.4, -0.2) is 47.3 Å². The lowest BCUT2D eigenvalue weighted by molar-refractivity contribution is 0.128. The van der Waals surface area contributed by atoms with E-state index in [-0.39, 0.29) is 18.1 Å². The van der Waals surface area contributed by atoms with E-state index in [0.29, 0.717) is 12.2 Å². The largest absolute Gasteiger partial charge is 0.467 e. The quantitative estimate of drug-likeness (QED) is 0.738. The van der Waals surface area contributed by atoms with Crippen molar-refractivity contribution in [3.8, 4) is 0 Å². The Morgan fingerprint density at radius 3 is 2.68 bits per heavy atom. The number of likely N-dealkylation sites (tertiary alicyclic amines) is 1. The van der Waals surface area contributed by atoms with E-state index in [1.807, 2.05) is 6.92 Å². The summed E-state index contributed by atoms with van der Waals surface area (Å²) >= 11 is 0. The van der Waals surface area contributed by atoms with Crippen molar-refractivity contribution >= 4 is 6.03 Å². The van der Waals surface area contributed by atoms with Crippen LogP contribution in [0.25, 0.3) is 0 Å². The molecule has 0 spiro atoms. The van der Waals surface area contributed by atoms with Crippen molar-refractivity contribution in [3.63, 3.8) is 0 Å². The number of furan rings is 1. The minimum absolute atomic E-state index is 0.126. The molecule has 3 N–H and O–H groups in total. The van der Waals surface area contributed by atoms with Crippen molar-refractivity contribution in [1.82, 2.24) is 15.5 Å². The van der Waals surface area contributed by atoms with Crippen molar-refractivity contribution in [2.75, 3.05) is 13.1 Å². The number of nitrogens with one attached hydrogen (secondary N) is 2. The summed E-state index contributed by atoms with van der Waals surface area (Å²) in [6.07, 6.45) is 8.74. The van der Waals surface area contributed by atoms with Gasteiger partial charge in [-0.3, -0.25) is 0 Å². The Morgan fingerprint density at radius 2 is 2.04 bits per heavy atom. The summed E-state index contributed by atoms with van der Waals surface area (Å²) in [6, 6.07) is 4.26. The van der Waals surface area contributed by atoms with Crippen LogP contribution in [0.3, 0.4) is 0 Å². The molecule has 2 aliphatic rings. The smallest absolute Gasteiger partial charge is 0.315 e. The summed E-state index contributed by atoms with van der Waals surface area (Å²) in [5.41, 5.74) is 0. The van der Waals surface area contributed by atoms with Gasteiger partial charge in [-0.25, -0.2) is 4.79 Å². The van der Waals surface area contributed by atoms with E-state index in [1.54, 1.807) is 18.4 Å². The van der Waals surface area contributed by atoms with Gasteiger partial charge in [0.2, 0.25) is 0 Å². The van der Waals surface area contributed by atoms with Gasteiger partial charge in [-0.2, -0.15) is 0 Å². The number of amides is 2. The first-order valence-corrected chi connectivity index (χ1v) is 9.64. The van der Waals surface area contributed by atoms with Gasteiger partial charge in [-0.05, 0) is 44.7 Å². The molecule has 2 atom stereocenters. The molecule has 2 amide bonds. The minimum Gasteiger partial charge on any atom is -0.467 e. The van der Waals surface area contributed by atoms with E-state index >= 15 is 0 Å². The summed E-state index contributed by atoms with van der Waals surface area (Å²) in [7, 11) is 0. The maximum absolute atomic E-state index is 12.2. The predicted octanol–water partition coefficient (Wildman–Crippen LogP) is 2.80. The molecule has 140 valence electrons. The average Bonchev–Trinajstić information content (AvgIpc) is 3.29. The van der Waals surface area contributed by atoms with Crippen LogP contribution in [0.5, 0.6) is 0 Å². The highest BCUT2D eigenvalue weighted by Crippen LogP contribution is 2.26. The molecule has 2 heterocycles. The molecule has 2 fully saturated rings. The number of piperidine rings is 1. The normalized spacial score (nSPS) is 22.6. The maximum atomic E-state index is 12.2. The van der Waals surface area contributed by atoms with Crippen LogP contribution in [0, 0.1) is 0 Å². The van der Waals surface area contributed by atoms with Gasteiger partial charge in [0, 0.05) is 37.6 Å². The van der Waals surface area contributed by atoms with Gasteiger partial charge < -0.3 is 25.1 Å². The Bertz CT molecular complexity index is 520. The van der Waals surface area contributed by atoms with Gasteiger partial charge in [0.05, 0.1) is 6.26 Å². The van der Waals surface area contributed by atoms with Crippen molar-refractivity contribution in [2.45, 2.75) is 76.1 Å². The molecule has 2 unspecified atom stereocenters. The summed E-state index contributed by atoms with van der Waals surface area (Å²) < 4.78 is 5.19. The van der Waals surface area contributed by atoms with E-state index in [2.05, 4.69) is 15.5 Å². The van der Waals surface area contributed by atoms with Gasteiger partial charge in [-0.1, -0.05) is 12.8 Å². The Morgan fingerprint density at radius 1 is 1.32 bits per heavy atom. The monoisotopic (exact) mass is 349 g/mol. The van der Waals surface area contributed by atoms with Crippen LogP contribution < -0.4 is 10.6 Å². The molecular formula is C19H31N3O3. The lowest BCUT2D eigenvalue weighted by Crippen LogP contribution is -2.51. The molecule has 25 heavy (non-hydrogen) atoms. The Balaban J connectivity index is 1.35. The highest BCUT2D eigenvalue weighted by molar-refractivity contribution is 5.74. The minimum atomic E-state index is -0.694. The van der Waals surface area contributed by atoms with Crippen molar-refractivity contribution in [1.29, 1.82) is 0 Å². The van der Waals surface area contributed by atoms with Crippen molar-refractivity contribution < 1.29 is 14.3 Å². The third kappa shape index (κ3) is 5.22. The Kier molecular flexibility index (Phi) is 6.37. The molecule has 3 rings (SSSR count). The molecule has 1 aliphatic heterocycles. The number of aliphatic hydroxyl groups is 1. The highest BCUT2D eigenvalue weighted by atomic mass is 16.4. The molecule has 1 aliphatic carbocycles. The van der Waals surface area contributed by atoms with E-state index in [9.17, 15) is 9.90 Å². The molecule has 1 saturated carbocycles. The van der Waals surface area contributed by atoms with Crippen LogP contribution in [0.1, 0.15) is 63.7 Å². The number of hydrogen-bond donors (Lipinski definition) is 3. The Hall–Kier alpha value is -1.53. The lowest BCUT2D eigenvalue weighted by atomic mass is 10.0. The van der Waals surface area contributed by atoms with E-state index in [0.717, 1.165) is 32.0 Å². The van der Waals surface area contributed by atoms with Gasteiger partial charge in [0.15, 0.2) is 0 Å². The van der Waals surface area contributed by atoms with E-state index in [1.165, 1.54) is 25.7 Å². The number of urea groups is 1. The lowest BCUT2D eigenvalue weighted by Gasteiger charge is -2.36. The van der Waals surface area contributed by atoms with Crippen LogP contribution in [-0.2, 0) is 0 Å². The van der Waals surface area contributed by atoms with E-state index < -0.39 is 6.10 Å². The number of carbonyl (C=O) groups is 1. The van der Waals surface area contributed by atoms with Crippen molar-refractivity contribution in [3.05, 3.63) is 24.2 Å². The van der Waals surface area contributed by atoms with Crippen LogP contribution in [0.4, 0.5) is 4.79 Å². The maximum Gasteiger partial charge on any atom is 0.315 e. The Labute approximate surface area is 150 Å². The molecule has 0 bridgehead atoms. The first-order chi connectivity index (χ1) is 12.1. The zero-order valence-electron chi connectivity index (χ0n) is 15.1.